The zero-order valence-corrected chi connectivity index (χ0v) is 15.5. The van der Waals surface area contributed by atoms with E-state index in [-0.39, 0.29) is 11.2 Å². The van der Waals surface area contributed by atoms with E-state index in [1.807, 2.05) is 36.4 Å². The lowest BCUT2D eigenvalue weighted by Crippen LogP contribution is -2.26. The largest absolute Gasteiger partial charge is 0.356 e. The summed E-state index contributed by atoms with van der Waals surface area (Å²) in [6.07, 6.45) is 10.4. The van der Waals surface area contributed by atoms with Gasteiger partial charge in [0.2, 0.25) is 0 Å². The van der Waals surface area contributed by atoms with E-state index in [0.29, 0.717) is 6.42 Å². The number of terminal acetylenes is 1. The summed E-state index contributed by atoms with van der Waals surface area (Å²) in [5.74, 6) is 2.81. The van der Waals surface area contributed by atoms with E-state index in [2.05, 4.69) is 35.1 Å². The van der Waals surface area contributed by atoms with Gasteiger partial charge in [0, 0.05) is 41.3 Å². The van der Waals surface area contributed by atoms with Gasteiger partial charge in [-0.3, -0.25) is 9.78 Å². The summed E-state index contributed by atoms with van der Waals surface area (Å²) >= 11 is 0. The van der Waals surface area contributed by atoms with Crippen molar-refractivity contribution in [2.75, 3.05) is 5.32 Å². The number of carbonyl (C=O) groups excluding carboxylic acids is 1. The first-order valence-electron chi connectivity index (χ1n) is 8.99. The number of nitrogens with one attached hydrogen (secondary N) is 2. The molecule has 0 fully saturated rings. The number of pyridine rings is 1. The summed E-state index contributed by atoms with van der Waals surface area (Å²) < 4.78 is 0. The van der Waals surface area contributed by atoms with Crippen LogP contribution in [0.4, 0.5) is 11.4 Å². The first-order chi connectivity index (χ1) is 13.0. The van der Waals surface area contributed by atoms with Crippen LogP contribution in [0.25, 0.3) is 11.3 Å². The minimum Gasteiger partial charge on any atom is -0.356 e. The van der Waals surface area contributed by atoms with Gasteiger partial charge in [0.1, 0.15) is 0 Å². The minimum absolute atomic E-state index is 0.0505. The molecule has 4 rings (SSSR count). The van der Waals surface area contributed by atoms with Crippen molar-refractivity contribution >= 4 is 17.2 Å². The van der Waals surface area contributed by atoms with Gasteiger partial charge in [-0.1, -0.05) is 25.8 Å². The van der Waals surface area contributed by atoms with Gasteiger partial charge in [0.15, 0.2) is 5.78 Å². The molecule has 0 spiro atoms. The van der Waals surface area contributed by atoms with Crippen LogP contribution in [0.2, 0.25) is 0 Å². The minimum atomic E-state index is -0.0505. The second-order valence-corrected chi connectivity index (χ2v) is 7.76. The number of rotatable bonds is 3. The highest BCUT2D eigenvalue weighted by molar-refractivity contribution is 6.07. The Morgan fingerprint density at radius 1 is 1.19 bits per heavy atom. The summed E-state index contributed by atoms with van der Waals surface area (Å²) in [6.45, 7) is 4.26. The average Bonchev–Trinajstić information content (AvgIpc) is 2.99. The van der Waals surface area contributed by atoms with Gasteiger partial charge in [-0.05, 0) is 42.2 Å². The fraction of sp³-hybridized carbons (Fsp3) is 0.217. The molecule has 2 N–H and O–H groups in total. The maximum absolute atomic E-state index is 13.0. The van der Waals surface area contributed by atoms with Gasteiger partial charge in [0.05, 0.1) is 16.9 Å². The van der Waals surface area contributed by atoms with Crippen molar-refractivity contribution in [3.05, 3.63) is 65.6 Å². The zero-order valence-electron chi connectivity index (χ0n) is 15.5. The molecule has 0 saturated carbocycles. The molecule has 0 atom stereocenters. The lowest BCUT2D eigenvalue weighted by atomic mass is 9.76. The number of aromatic amines is 1. The summed E-state index contributed by atoms with van der Waals surface area (Å²) in [5.41, 5.74) is 6.05. The lowest BCUT2D eigenvalue weighted by molar-refractivity contribution is 0.0912. The van der Waals surface area contributed by atoms with Gasteiger partial charge in [-0.15, -0.1) is 6.42 Å². The number of anilines is 2. The molecule has 2 aromatic heterocycles. The molecule has 0 radical (unpaired) electrons. The van der Waals surface area contributed by atoms with Crippen LogP contribution in [0.1, 0.15) is 41.9 Å². The van der Waals surface area contributed by atoms with Crippen LogP contribution in [0.5, 0.6) is 0 Å². The van der Waals surface area contributed by atoms with Gasteiger partial charge in [-0.25, -0.2) is 0 Å². The molecule has 4 nitrogen and oxygen atoms in total. The Hall–Kier alpha value is -3.32. The van der Waals surface area contributed by atoms with Crippen LogP contribution >= 0.6 is 0 Å². The number of fused-ring (bicyclic) bond motifs is 1. The Morgan fingerprint density at radius 2 is 1.96 bits per heavy atom. The smallest absolute Gasteiger partial charge is 0.167 e. The molecule has 0 bridgehead atoms. The van der Waals surface area contributed by atoms with E-state index in [1.165, 1.54) is 0 Å². The zero-order chi connectivity index (χ0) is 19.0. The number of benzene rings is 1. The lowest BCUT2D eigenvalue weighted by Gasteiger charge is -2.28. The molecular weight excluding hydrogens is 334 g/mol. The Morgan fingerprint density at radius 3 is 2.70 bits per heavy atom. The molecule has 2 heterocycles. The van der Waals surface area contributed by atoms with Crippen molar-refractivity contribution < 1.29 is 4.79 Å². The number of H-pyrrole nitrogens is 1. The molecule has 1 aromatic carbocycles. The molecular formula is C23H21N3O. The Labute approximate surface area is 159 Å². The molecule has 0 unspecified atom stereocenters. The molecule has 0 amide bonds. The van der Waals surface area contributed by atoms with Crippen molar-refractivity contribution in [3.8, 4) is 23.6 Å². The predicted molar refractivity (Wildman–Crippen MR) is 108 cm³/mol. The number of ketones is 1. The molecule has 0 aliphatic heterocycles. The summed E-state index contributed by atoms with van der Waals surface area (Å²) in [4.78, 5) is 20.6. The van der Waals surface area contributed by atoms with Gasteiger partial charge in [0.25, 0.3) is 0 Å². The van der Waals surface area contributed by atoms with Crippen molar-refractivity contribution in [1.29, 1.82) is 0 Å². The van der Waals surface area contributed by atoms with Crippen LogP contribution in [0, 0.1) is 17.8 Å². The first-order valence-corrected chi connectivity index (χ1v) is 8.99. The van der Waals surface area contributed by atoms with E-state index < -0.39 is 0 Å². The van der Waals surface area contributed by atoms with E-state index in [1.54, 1.807) is 12.4 Å². The van der Waals surface area contributed by atoms with E-state index in [4.69, 9.17) is 6.42 Å². The third kappa shape index (κ3) is 3.24. The molecule has 1 aliphatic rings. The van der Waals surface area contributed by atoms with Crippen molar-refractivity contribution in [1.82, 2.24) is 9.97 Å². The molecule has 27 heavy (non-hydrogen) atoms. The van der Waals surface area contributed by atoms with Crippen LogP contribution in [-0.4, -0.2) is 15.8 Å². The quantitative estimate of drug-likeness (QED) is 0.653. The standard InChI is InChI=1S/C23H21N3O/c1-4-15-6-5-7-17(12-15)25-22-20-18(13-23(2,3)14-19(20)27)26-21(22)16-8-10-24-11-9-16/h1,5-12,25-26H,13-14H2,2-3H3. The van der Waals surface area contributed by atoms with Crippen molar-refractivity contribution in [2.45, 2.75) is 26.7 Å². The third-order valence-electron chi connectivity index (χ3n) is 4.92. The predicted octanol–water partition coefficient (Wildman–Crippen LogP) is 4.96. The average molecular weight is 355 g/mol. The molecule has 1 aliphatic carbocycles. The SMILES string of the molecule is C#Cc1cccc(Nc2c(-c3ccncc3)[nH]c3c2C(=O)CC(C)(C)C3)c1. The number of carbonyl (C=O) groups is 1. The number of Topliss-reactive ketones (excluding diaryl/α,β-unsaturated/α-hetero) is 1. The van der Waals surface area contributed by atoms with Crippen molar-refractivity contribution in [2.24, 2.45) is 5.41 Å². The van der Waals surface area contributed by atoms with Gasteiger partial charge in [-0.2, -0.15) is 0 Å². The number of nitrogens with zero attached hydrogens (tertiary/aromatic N) is 1. The second kappa shape index (κ2) is 6.44. The molecule has 4 heteroatoms. The Bertz CT molecular complexity index is 1050. The van der Waals surface area contributed by atoms with Crippen LogP contribution in [-0.2, 0) is 6.42 Å². The van der Waals surface area contributed by atoms with Gasteiger partial charge >= 0.3 is 0 Å². The third-order valence-corrected chi connectivity index (χ3v) is 4.92. The monoisotopic (exact) mass is 355 g/mol. The van der Waals surface area contributed by atoms with Crippen molar-refractivity contribution in [3.63, 3.8) is 0 Å². The maximum Gasteiger partial charge on any atom is 0.167 e. The Balaban J connectivity index is 1.87. The Kier molecular flexibility index (Phi) is 4.08. The number of hydrogen-bond acceptors (Lipinski definition) is 3. The molecule has 3 aromatic rings. The van der Waals surface area contributed by atoms with E-state index in [0.717, 1.165) is 45.9 Å². The van der Waals surface area contributed by atoms with Gasteiger partial charge < -0.3 is 10.3 Å². The maximum atomic E-state index is 13.0. The topological polar surface area (TPSA) is 57.8 Å². The number of hydrogen-bond donors (Lipinski definition) is 2. The van der Waals surface area contributed by atoms with E-state index >= 15 is 0 Å². The molecule has 0 saturated heterocycles. The summed E-state index contributed by atoms with van der Waals surface area (Å²) in [6, 6.07) is 11.5. The van der Waals surface area contributed by atoms with E-state index in [9.17, 15) is 4.79 Å². The first kappa shape index (κ1) is 17.1. The molecule has 134 valence electrons. The number of aromatic nitrogens is 2. The van der Waals surface area contributed by atoms with Crippen LogP contribution in [0.15, 0.2) is 48.8 Å². The fourth-order valence-corrected chi connectivity index (χ4v) is 3.75. The summed E-state index contributed by atoms with van der Waals surface area (Å²) in [5, 5.41) is 3.44. The highest BCUT2D eigenvalue weighted by Gasteiger charge is 2.35. The second-order valence-electron chi connectivity index (χ2n) is 7.76. The summed E-state index contributed by atoms with van der Waals surface area (Å²) in [7, 11) is 0. The highest BCUT2D eigenvalue weighted by Crippen LogP contribution is 2.43. The fourth-order valence-electron chi connectivity index (χ4n) is 3.75. The highest BCUT2D eigenvalue weighted by atomic mass is 16.1. The van der Waals surface area contributed by atoms with Crippen LogP contribution in [0.3, 0.4) is 0 Å². The van der Waals surface area contributed by atoms with Crippen LogP contribution < -0.4 is 5.32 Å². The normalized spacial score (nSPS) is 15.1.